The summed E-state index contributed by atoms with van der Waals surface area (Å²) in [5.74, 6) is 2.40. The van der Waals surface area contributed by atoms with Gasteiger partial charge in [0, 0.05) is 0 Å². The number of alkyl carbamates (subject to hydrolysis) is 1. The van der Waals surface area contributed by atoms with Crippen molar-refractivity contribution < 1.29 is 14.3 Å². The zero-order valence-electron chi connectivity index (χ0n) is 15.2. The molecular formula is C19H27N3O3. The first-order valence-electron chi connectivity index (χ1n) is 8.94. The second-order valence-electron chi connectivity index (χ2n) is 7.82. The van der Waals surface area contributed by atoms with Crippen LogP contribution in [0.15, 0.2) is 0 Å². The number of rotatable bonds is 3. The first-order valence-corrected chi connectivity index (χ1v) is 8.94. The lowest BCUT2D eigenvalue weighted by Crippen LogP contribution is -2.55. The van der Waals surface area contributed by atoms with Crippen LogP contribution in [-0.2, 0) is 9.53 Å². The molecule has 6 heteroatoms. The molecule has 2 aliphatic rings. The van der Waals surface area contributed by atoms with Crippen LogP contribution in [0.2, 0.25) is 0 Å². The molecule has 1 heterocycles. The predicted molar refractivity (Wildman–Crippen MR) is 93.2 cm³/mol. The Morgan fingerprint density at radius 3 is 2.32 bits per heavy atom. The van der Waals surface area contributed by atoms with Crippen molar-refractivity contribution in [3.05, 3.63) is 0 Å². The molecule has 0 spiro atoms. The van der Waals surface area contributed by atoms with Gasteiger partial charge >= 0.3 is 6.09 Å². The maximum absolute atomic E-state index is 13.2. The van der Waals surface area contributed by atoms with Crippen LogP contribution in [0.1, 0.15) is 59.3 Å². The van der Waals surface area contributed by atoms with E-state index in [0.29, 0.717) is 12.8 Å². The highest BCUT2D eigenvalue weighted by Crippen LogP contribution is 2.32. The van der Waals surface area contributed by atoms with E-state index >= 15 is 0 Å². The van der Waals surface area contributed by atoms with Gasteiger partial charge in [-0.2, -0.15) is 5.26 Å². The highest BCUT2D eigenvalue weighted by molar-refractivity contribution is 5.87. The number of hydrogen-bond acceptors (Lipinski definition) is 4. The predicted octanol–water partition coefficient (Wildman–Crippen LogP) is 2.59. The monoisotopic (exact) mass is 345 g/mol. The molecule has 2 rings (SSSR count). The van der Waals surface area contributed by atoms with Crippen LogP contribution in [0.3, 0.4) is 0 Å². The zero-order chi connectivity index (χ0) is 18.6. The van der Waals surface area contributed by atoms with Crippen LogP contribution < -0.4 is 5.32 Å². The summed E-state index contributed by atoms with van der Waals surface area (Å²) in [6.07, 6.45) is 9.94. The van der Waals surface area contributed by atoms with Crippen LogP contribution in [0.25, 0.3) is 0 Å². The average Bonchev–Trinajstić information content (AvgIpc) is 3.18. The van der Waals surface area contributed by atoms with Gasteiger partial charge in [0.25, 0.3) is 0 Å². The van der Waals surface area contributed by atoms with Crippen molar-refractivity contribution in [3.8, 4) is 18.4 Å². The van der Waals surface area contributed by atoms with Gasteiger partial charge in [0.05, 0.1) is 12.1 Å². The first-order chi connectivity index (χ1) is 11.8. The van der Waals surface area contributed by atoms with E-state index in [9.17, 15) is 14.9 Å². The van der Waals surface area contributed by atoms with Crippen molar-refractivity contribution in [1.29, 1.82) is 5.26 Å². The molecule has 1 saturated heterocycles. The van der Waals surface area contributed by atoms with Gasteiger partial charge in [0.2, 0.25) is 5.91 Å². The summed E-state index contributed by atoms with van der Waals surface area (Å²) >= 11 is 0. The van der Waals surface area contributed by atoms with E-state index in [2.05, 4.69) is 17.3 Å². The van der Waals surface area contributed by atoms with Crippen LogP contribution in [-0.4, -0.2) is 40.6 Å². The standard InChI is InChI=1S/C19H27N3O3/c1-5-14-10-11-15(12-20)22(14)17(23)16(13-8-6-7-9-13)21-18(24)25-19(2,3)4/h1,13-16H,6-11H2,2-4H3,(H,21,24)/t14-,15?,16-/m0/s1. The average molecular weight is 345 g/mol. The normalized spacial score (nSPS) is 25.1. The summed E-state index contributed by atoms with van der Waals surface area (Å²) in [7, 11) is 0. The van der Waals surface area contributed by atoms with Gasteiger partial charge in [0.15, 0.2) is 0 Å². The van der Waals surface area contributed by atoms with E-state index in [1.807, 2.05) is 0 Å². The molecule has 0 aromatic heterocycles. The van der Waals surface area contributed by atoms with Crippen molar-refractivity contribution in [2.45, 2.75) is 83.0 Å². The molecular weight excluding hydrogens is 318 g/mol. The summed E-state index contributed by atoms with van der Waals surface area (Å²) < 4.78 is 5.32. The third-order valence-corrected chi connectivity index (χ3v) is 4.79. The van der Waals surface area contributed by atoms with Crippen molar-refractivity contribution in [1.82, 2.24) is 10.2 Å². The minimum absolute atomic E-state index is 0.0541. The Bertz CT molecular complexity index is 569. The molecule has 1 aliphatic heterocycles. The molecule has 0 aromatic carbocycles. The fraction of sp³-hybridized carbons (Fsp3) is 0.737. The fourth-order valence-corrected chi connectivity index (χ4v) is 3.68. The summed E-state index contributed by atoms with van der Waals surface area (Å²) in [5.41, 5.74) is -0.641. The van der Waals surface area contributed by atoms with Crippen molar-refractivity contribution in [2.75, 3.05) is 0 Å². The van der Waals surface area contributed by atoms with Crippen LogP contribution in [0.4, 0.5) is 4.79 Å². The molecule has 1 unspecified atom stereocenters. The molecule has 2 amide bonds. The lowest BCUT2D eigenvalue weighted by atomic mass is 9.96. The zero-order valence-corrected chi connectivity index (χ0v) is 15.2. The number of amides is 2. The number of carbonyl (C=O) groups is 2. The number of hydrogen-bond donors (Lipinski definition) is 1. The highest BCUT2D eigenvalue weighted by atomic mass is 16.6. The van der Waals surface area contributed by atoms with Crippen molar-refractivity contribution >= 4 is 12.0 Å². The topological polar surface area (TPSA) is 82.4 Å². The van der Waals surface area contributed by atoms with Gasteiger partial charge in [-0.1, -0.05) is 18.8 Å². The van der Waals surface area contributed by atoms with E-state index < -0.39 is 23.8 Å². The molecule has 25 heavy (non-hydrogen) atoms. The summed E-state index contributed by atoms with van der Waals surface area (Å²) in [5, 5.41) is 12.1. The Balaban J connectivity index is 2.19. The first kappa shape index (κ1) is 19.1. The van der Waals surface area contributed by atoms with Gasteiger partial charge in [-0.05, 0) is 52.4 Å². The molecule has 3 atom stereocenters. The van der Waals surface area contributed by atoms with E-state index in [4.69, 9.17) is 11.2 Å². The maximum atomic E-state index is 13.2. The Kier molecular flexibility index (Phi) is 5.95. The van der Waals surface area contributed by atoms with Gasteiger partial charge in [-0.3, -0.25) is 4.79 Å². The molecule has 0 bridgehead atoms. The van der Waals surface area contributed by atoms with E-state index in [0.717, 1.165) is 25.7 Å². The number of ether oxygens (including phenoxy) is 1. The molecule has 1 N–H and O–H groups in total. The highest BCUT2D eigenvalue weighted by Gasteiger charge is 2.43. The molecule has 0 aromatic rings. The number of nitriles is 1. The Morgan fingerprint density at radius 1 is 1.20 bits per heavy atom. The van der Waals surface area contributed by atoms with Gasteiger partial charge in [0.1, 0.15) is 17.7 Å². The fourth-order valence-electron chi connectivity index (χ4n) is 3.68. The number of nitrogens with zero attached hydrogens (tertiary/aromatic N) is 2. The minimum atomic E-state index is -0.692. The quantitative estimate of drug-likeness (QED) is 0.797. The number of likely N-dealkylation sites (tertiary alicyclic amines) is 1. The summed E-state index contributed by atoms with van der Waals surface area (Å²) in [6, 6.07) is 0.552. The smallest absolute Gasteiger partial charge is 0.408 e. The summed E-state index contributed by atoms with van der Waals surface area (Å²) in [6.45, 7) is 5.33. The largest absolute Gasteiger partial charge is 0.444 e. The van der Waals surface area contributed by atoms with Crippen LogP contribution in [0.5, 0.6) is 0 Å². The number of nitrogens with one attached hydrogen (secondary N) is 1. The molecule has 1 saturated carbocycles. The Morgan fingerprint density at radius 2 is 1.80 bits per heavy atom. The Hall–Kier alpha value is -2.21. The second-order valence-corrected chi connectivity index (χ2v) is 7.82. The van der Waals surface area contributed by atoms with Gasteiger partial charge < -0.3 is 15.0 Å². The molecule has 2 fully saturated rings. The molecule has 6 nitrogen and oxygen atoms in total. The van der Waals surface area contributed by atoms with E-state index in [1.165, 1.54) is 4.90 Å². The third kappa shape index (κ3) is 4.66. The SMILES string of the molecule is C#C[C@H]1CCC(C#N)N1C(=O)[C@@H](NC(=O)OC(C)(C)C)C1CCCC1. The maximum Gasteiger partial charge on any atom is 0.408 e. The second kappa shape index (κ2) is 7.78. The van der Waals surface area contributed by atoms with Crippen molar-refractivity contribution in [2.24, 2.45) is 5.92 Å². The van der Waals surface area contributed by atoms with Crippen LogP contribution >= 0.6 is 0 Å². The van der Waals surface area contributed by atoms with Gasteiger partial charge in [-0.25, -0.2) is 4.79 Å². The van der Waals surface area contributed by atoms with Gasteiger partial charge in [-0.15, -0.1) is 6.42 Å². The molecule has 0 radical (unpaired) electrons. The van der Waals surface area contributed by atoms with Crippen molar-refractivity contribution in [3.63, 3.8) is 0 Å². The summed E-state index contributed by atoms with van der Waals surface area (Å²) in [4.78, 5) is 26.9. The Labute approximate surface area is 149 Å². The molecule has 136 valence electrons. The van der Waals surface area contributed by atoms with E-state index in [1.54, 1.807) is 20.8 Å². The lowest BCUT2D eigenvalue weighted by molar-refractivity contribution is -0.136. The number of carbonyl (C=O) groups excluding carboxylic acids is 2. The lowest BCUT2D eigenvalue weighted by Gasteiger charge is -2.32. The molecule has 1 aliphatic carbocycles. The van der Waals surface area contributed by atoms with Crippen LogP contribution in [0, 0.1) is 29.6 Å². The minimum Gasteiger partial charge on any atom is -0.444 e. The third-order valence-electron chi connectivity index (χ3n) is 4.79. The number of terminal acetylenes is 1. The van der Waals surface area contributed by atoms with E-state index in [-0.39, 0.29) is 17.9 Å².